The van der Waals surface area contributed by atoms with Crippen molar-refractivity contribution in [1.29, 1.82) is 0 Å². The molecule has 2 heterocycles. The standard InChI is InChI=1S/C25H23N3O5/c1-15-21(28-25(32-15)19-6-4-5-7-20(19)27-16(2)29)14-26-24(30)23-13-12-22(33-23)17-8-10-18(31-3)11-9-17/h4-13H,14H2,1-3H3,(H,26,30)(H,27,29). The van der Waals surface area contributed by atoms with E-state index in [9.17, 15) is 9.59 Å². The van der Waals surface area contributed by atoms with Crippen LogP contribution in [0.3, 0.4) is 0 Å². The highest BCUT2D eigenvalue weighted by atomic mass is 16.5. The van der Waals surface area contributed by atoms with Gasteiger partial charge < -0.3 is 24.2 Å². The molecule has 168 valence electrons. The second-order valence-electron chi connectivity index (χ2n) is 7.32. The summed E-state index contributed by atoms with van der Waals surface area (Å²) in [4.78, 5) is 28.6. The molecular formula is C25H23N3O5. The highest BCUT2D eigenvalue weighted by Gasteiger charge is 2.17. The monoisotopic (exact) mass is 445 g/mol. The van der Waals surface area contributed by atoms with Crippen molar-refractivity contribution in [1.82, 2.24) is 10.3 Å². The SMILES string of the molecule is COc1ccc(-c2ccc(C(=O)NCc3nc(-c4ccccc4NC(C)=O)oc3C)o2)cc1. The van der Waals surface area contributed by atoms with Gasteiger partial charge in [0.05, 0.1) is 24.9 Å². The first-order valence-corrected chi connectivity index (χ1v) is 10.3. The number of anilines is 1. The molecule has 0 atom stereocenters. The second-order valence-corrected chi connectivity index (χ2v) is 7.32. The van der Waals surface area contributed by atoms with Gasteiger partial charge in [-0.1, -0.05) is 12.1 Å². The van der Waals surface area contributed by atoms with Crippen molar-refractivity contribution in [2.75, 3.05) is 12.4 Å². The molecular weight excluding hydrogens is 422 g/mol. The highest BCUT2D eigenvalue weighted by molar-refractivity contribution is 5.93. The van der Waals surface area contributed by atoms with E-state index in [0.29, 0.717) is 34.4 Å². The molecule has 0 aliphatic rings. The minimum Gasteiger partial charge on any atom is -0.497 e. The van der Waals surface area contributed by atoms with Gasteiger partial charge >= 0.3 is 0 Å². The average molecular weight is 445 g/mol. The lowest BCUT2D eigenvalue weighted by Crippen LogP contribution is -2.22. The van der Waals surface area contributed by atoms with Gasteiger partial charge in [-0.3, -0.25) is 9.59 Å². The van der Waals surface area contributed by atoms with Gasteiger partial charge in [-0.15, -0.1) is 0 Å². The van der Waals surface area contributed by atoms with Crippen molar-refractivity contribution in [2.45, 2.75) is 20.4 Å². The Morgan fingerprint density at radius 2 is 1.76 bits per heavy atom. The number of benzene rings is 2. The Hall–Kier alpha value is -4.33. The lowest BCUT2D eigenvalue weighted by atomic mass is 10.1. The summed E-state index contributed by atoms with van der Waals surface area (Å²) in [5, 5.41) is 5.57. The Labute approximate surface area is 190 Å². The maximum absolute atomic E-state index is 12.6. The van der Waals surface area contributed by atoms with E-state index in [1.165, 1.54) is 6.92 Å². The van der Waals surface area contributed by atoms with Crippen LogP contribution in [0.5, 0.6) is 5.75 Å². The largest absolute Gasteiger partial charge is 0.497 e. The Bertz CT molecular complexity index is 1290. The zero-order chi connectivity index (χ0) is 23.4. The van der Waals surface area contributed by atoms with Crippen LogP contribution in [0.2, 0.25) is 0 Å². The molecule has 2 aromatic carbocycles. The molecule has 8 heteroatoms. The van der Waals surface area contributed by atoms with Crippen molar-refractivity contribution in [2.24, 2.45) is 0 Å². The van der Waals surface area contributed by atoms with Crippen LogP contribution in [0.4, 0.5) is 5.69 Å². The number of amides is 2. The molecule has 0 unspecified atom stereocenters. The van der Waals surface area contributed by atoms with Crippen molar-refractivity contribution >= 4 is 17.5 Å². The van der Waals surface area contributed by atoms with Crippen LogP contribution in [-0.4, -0.2) is 23.9 Å². The van der Waals surface area contributed by atoms with Gasteiger partial charge in [0.15, 0.2) is 5.76 Å². The first-order valence-electron chi connectivity index (χ1n) is 10.3. The van der Waals surface area contributed by atoms with Gasteiger partial charge in [-0.25, -0.2) is 4.98 Å². The number of aryl methyl sites for hydroxylation is 1. The van der Waals surface area contributed by atoms with Crippen LogP contribution in [-0.2, 0) is 11.3 Å². The molecule has 8 nitrogen and oxygen atoms in total. The third-order valence-electron chi connectivity index (χ3n) is 4.98. The second kappa shape index (κ2) is 9.44. The topological polar surface area (TPSA) is 107 Å². The number of aromatic nitrogens is 1. The number of furan rings is 1. The van der Waals surface area contributed by atoms with Crippen LogP contribution in [0.25, 0.3) is 22.8 Å². The van der Waals surface area contributed by atoms with Gasteiger partial charge in [0, 0.05) is 12.5 Å². The molecule has 0 radical (unpaired) electrons. The molecule has 4 rings (SSSR count). The minimum atomic E-state index is -0.364. The number of oxazole rings is 1. The van der Waals surface area contributed by atoms with E-state index in [-0.39, 0.29) is 24.1 Å². The Balaban J connectivity index is 1.45. The normalized spacial score (nSPS) is 10.6. The number of nitrogens with zero attached hydrogens (tertiary/aromatic N) is 1. The molecule has 0 aliphatic carbocycles. The number of rotatable bonds is 7. The first-order chi connectivity index (χ1) is 15.9. The number of para-hydroxylation sites is 1. The van der Waals surface area contributed by atoms with Crippen LogP contribution in [0.15, 0.2) is 69.5 Å². The smallest absolute Gasteiger partial charge is 0.287 e. The van der Waals surface area contributed by atoms with Gasteiger partial charge in [-0.2, -0.15) is 0 Å². The fraction of sp³-hybridized carbons (Fsp3) is 0.160. The van der Waals surface area contributed by atoms with Gasteiger partial charge in [0.2, 0.25) is 11.8 Å². The predicted molar refractivity (Wildman–Crippen MR) is 123 cm³/mol. The van der Waals surface area contributed by atoms with E-state index >= 15 is 0 Å². The minimum absolute atomic E-state index is 0.162. The number of carbonyl (C=O) groups excluding carboxylic acids is 2. The molecule has 0 saturated carbocycles. The van der Waals surface area contributed by atoms with Crippen molar-refractivity contribution < 1.29 is 23.2 Å². The summed E-state index contributed by atoms with van der Waals surface area (Å²) in [6.45, 7) is 3.37. The lowest BCUT2D eigenvalue weighted by Gasteiger charge is -2.06. The molecule has 33 heavy (non-hydrogen) atoms. The summed E-state index contributed by atoms with van der Waals surface area (Å²) in [7, 11) is 1.60. The predicted octanol–water partition coefficient (Wildman–Crippen LogP) is 4.81. The maximum atomic E-state index is 12.6. The average Bonchev–Trinajstić information content (AvgIpc) is 3.45. The van der Waals surface area contributed by atoms with Crippen LogP contribution in [0, 0.1) is 6.92 Å². The van der Waals surface area contributed by atoms with E-state index in [2.05, 4.69) is 15.6 Å². The highest BCUT2D eigenvalue weighted by Crippen LogP contribution is 2.29. The number of hydrogen-bond acceptors (Lipinski definition) is 6. The lowest BCUT2D eigenvalue weighted by molar-refractivity contribution is -0.114. The number of ether oxygens (including phenoxy) is 1. The van der Waals surface area contributed by atoms with Crippen molar-refractivity contribution in [3.8, 4) is 28.5 Å². The summed E-state index contributed by atoms with van der Waals surface area (Å²) in [6.07, 6.45) is 0. The fourth-order valence-electron chi connectivity index (χ4n) is 3.30. The molecule has 0 fully saturated rings. The summed E-state index contributed by atoms with van der Waals surface area (Å²) in [5.41, 5.74) is 2.68. The summed E-state index contributed by atoms with van der Waals surface area (Å²) in [5.74, 6) is 1.89. The third-order valence-corrected chi connectivity index (χ3v) is 4.98. The zero-order valence-electron chi connectivity index (χ0n) is 18.5. The van der Waals surface area contributed by atoms with E-state index in [4.69, 9.17) is 13.6 Å². The van der Waals surface area contributed by atoms with E-state index in [0.717, 1.165) is 11.3 Å². The fourth-order valence-corrected chi connectivity index (χ4v) is 3.30. The molecule has 4 aromatic rings. The van der Waals surface area contributed by atoms with Gasteiger partial charge in [-0.05, 0) is 55.5 Å². The number of hydrogen-bond donors (Lipinski definition) is 2. The van der Waals surface area contributed by atoms with E-state index in [1.807, 2.05) is 42.5 Å². The Morgan fingerprint density at radius 3 is 2.48 bits per heavy atom. The molecule has 2 aromatic heterocycles. The molecule has 0 spiro atoms. The van der Waals surface area contributed by atoms with E-state index in [1.54, 1.807) is 32.2 Å². The molecule has 0 saturated heterocycles. The third kappa shape index (κ3) is 4.95. The number of methoxy groups -OCH3 is 1. The van der Waals surface area contributed by atoms with Gasteiger partial charge in [0.25, 0.3) is 5.91 Å². The summed E-state index contributed by atoms with van der Waals surface area (Å²) < 4.78 is 16.7. The van der Waals surface area contributed by atoms with Crippen molar-refractivity contribution in [3.05, 3.63) is 77.9 Å². The Kier molecular flexibility index (Phi) is 6.26. The number of carbonyl (C=O) groups is 2. The molecule has 2 N–H and O–H groups in total. The Morgan fingerprint density at radius 1 is 1.00 bits per heavy atom. The number of nitrogens with one attached hydrogen (secondary N) is 2. The van der Waals surface area contributed by atoms with Gasteiger partial charge in [0.1, 0.15) is 23.0 Å². The molecule has 0 bridgehead atoms. The summed E-state index contributed by atoms with van der Waals surface area (Å²) in [6, 6.07) is 18.0. The zero-order valence-corrected chi connectivity index (χ0v) is 18.5. The molecule has 0 aliphatic heterocycles. The van der Waals surface area contributed by atoms with Crippen LogP contribution in [0.1, 0.15) is 28.9 Å². The van der Waals surface area contributed by atoms with Crippen LogP contribution < -0.4 is 15.4 Å². The maximum Gasteiger partial charge on any atom is 0.287 e. The first kappa shape index (κ1) is 21.9. The van der Waals surface area contributed by atoms with E-state index < -0.39 is 0 Å². The quantitative estimate of drug-likeness (QED) is 0.423. The summed E-state index contributed by atoms with van der Waals surface area (Å²) >= 11 is 0. The molecule has 2 amide bonds. The van der Waals surface area contributed by atoms with Crippen molar-refractivity contribution in [3.63, 3.8) is 0 Å². The van der Waals surface area contributed by atoms with Crippen LogP contribution >= 0.6 is 0 Å².